The molecular formula is C24H23BrCl2N4O7S. The van der Waals surface area contributed by atoms with Gasteiger partial charge in [0.1, 0.15) is 5.75 Å². The molecule has 0 spiro atoms. The number of hydrogen-bond donors (Lipinski definition) is 1. The Morgan fingerprint density at radius 1 is 1.10 bits per heavy atom. The fourth-order valence-electron chi connectivity index (χ4n) is 2.82. The van der Waals surface area contributed by atoms with Crippen molar-refractivity contribution in [3.8, 4) is 17.2 Å². The lowest BCUT2D eigenvalue weighted by atomic mass is 10.2. The summed E-state index contributed by atoms with van der Waals surface area (Å²) in [7, 11) is 0. The molecule has 2 aromatic carbocycles. The summed E-state index contributed by atoms with van der Waals surface area (Å²) in [5.74, 6) is 0.483. The third kappa shape index (κ3) is 9.92. The van der Waals surface area contributed by atoms with E-state index in [4.69, 9.17) is 46.6 Å². The second kappa shape index (κ2) is 15.6. The number of aromatic nitrogens is 2. The first-order chi connectivity index (χ1) is 18.8. The van der Waals surface area contributed by atoms with Gasteiger partial charge in [-0.3, -0.25) is 4.79 Å². The summed E-state index contributed by atoms with van der Waals surface area (Å²) in [6.07, 6.45) is 1.44. The maximum atomic E-state index is 12.2. The molecule has 1 heterocycles. The zero-order chi connectivity index (χ0) is 28.2. The molecule has 208 valence electrons. The second-order valence-electron chi connectivity index (χ2n) is 7.26. The highest BCUT2D eigenvalue weighted by atomic mass is 79.9. The molecule has 0 saturated carbocycles. The predicted octanol–water partition coefficient (Wildman–Crippen LogP) is 5.30. The van der Waals surface area contributed by atoms with Crippen LogP contribution in [0.25, 0.3) is 0 Å². The molecule has 3 rings (SSSR count). The van der Waals surface area contributed by atoms with Crippen molar-refractivity contribution in [1.29, 1.82) is 0 Å². The molecule has 0 atom stereocenters. The van der Waals surface area contributed by atoms with Crippen molar-refractivity contribution < 1.29 is 33.0 Å². The standard InChI is InChI=1S/C24H23BrCl2N4O7S/c1-3-34-19-8-14(7-16(25)23(19)37-12-22(33)35-4-2)10-28-29-20(32)13-39-24-31-30-21(38-24)11-36-18-6-5-15(26)9-17(18)27/h5-10H,3-4,11-13H2,1-2H3,(H,29,32)/b28-10-. The van der Waals surface area contributed by atoms with Gasteiger partial charge in [0, 0.05) is 5.02 Å². The minimum atomic E-state index is -0.494. The summed E-state index contributed by atoms with van der Waals surface area (Å²) >= 11 is 16.4. The van der Waals surface area contributed by atoms with E-state index in [2.05, 4.69) is 36.7 Å². The average molecular weight is 662 g/mol. The van der Waals surface area contributed by atoms with E-state index in [1.165, 1.54) is 6.21 Å². The van der Waals surface area contributed by atoms with Crippen LogP contribution in [0.2, 0.25) is 10.0 Å². The van der Waals surface area contributed by atoms with Gasteiger partial charge in [-0.1, -0.05) is 35.0 Å². The van der Waals surface area contributed by atoms with Crippen LogP contribution in [0, 0.1) is 0 Å². The lowest BCUT2D eigenvalue weighted by Gasteiger charge is -2.14. The van der Waals surface area contributed by atoms with Crippen molar-refractivity contribution in [2.24, 2.45) is 5.10 Å². The van der Waals surface area contributed by atoms with Gasteiger partial charge in [0.05, 0.1) is 34.7 Å². The molecule has 0 aliphatic carbocycles. The van der Waals surface area contributed by atoms with Crippen LogP contribution in [0.1, 0.15) is 25.3 Å². The molecule has 0 aliphatic rings. The van der Waals surface area contributed by atoms with Gasteiger partial charge >= 0.3 is 5.97 Å². The molecule has 0 radical (unpaired) electrons. The summed E-state index contributed by atoms with van der Waals surface area (Å²) in [5.41, 5.74) is 3.04. The number of hydrazone groups is 1. The zero-order valence-electron chi connectivity index (χ0n) is 20.7. The number of halogens is 3. The van der Waals surface area contributed by atoms with E-state index in [0.717, 1.165) is 11.8 Å². The fourth-order valence-corrected chi connectivity index (χ4v) is 4.43. The average Bonchev–Trinajstić information content (AvgIpc) is 3.35. The Bertz CT molecular complexity index is 1330. The van der Waals surface area contributed by atoms with Crippen LogP contribution < -0.4 is 19.6 Å². The monoisotopic (exact) mass is 660 g/mol. The van der Waals surface area contributed by atoms with Crippen LogP contribution in [0.4, 0.5) is 0 Å². The van der Waals surface area contributed by atoms with E-state index < -0.39 is 11.9 Å². The number of nitrogens with zero attached hydrogens (tertiary/aromatic N) is 3. The number of thioether (sulfide) groups is 1. The summed E-state index contributed by atoms with van der Waals surface area (Å²) < 4.78 is 27.6. The predicted molar refractivity (Wildman–Crippen MR) is 149 cm³/mol. The van der Waals surface area contributed by atoms with Crippen LogP contribution in [-0.2, 0) is 20.9 Å². The molecular weight excluding hydrogens is 639 g/mol. The molecule has 15 heteroatoms. The number of carbonyl (C=O) groups is 2. The summed E-state index contributed by atoms with van der Waals surface area (Å²) in [6.45, 7) is 3.89. The van der Waals surface area contributed by atoms with Gasteiger partial charge in [0.15, 0.2) is 24.7 Å². The van der Waals surface area contributed by atoms with E-state index >= 15 is 0 Å². The molecule has 39 heavy (non-hydrogen) atoms. The SMILES string of the molecule is CCOC(=O)COc1c(Br)cc(/C=N\NC(=O)CSc2nnc(COc3ccc(Cl)cc3Cl)o2)cc1OCC. The van der Waals surface area contributed by atoms with E-state index in [-0.39, 0.29) is 36.7 Å². The quantitative estimate of drug-likeness (QED) is 0.105. The van der Waals surface area contributed by atoms with Crippen LogP contribution in [0.3, 0.4) is 0 Å². The summed E-state index contributed by atoms with van der Waals surface area (Å²) in [6, 6.07) is 8.20. The maximum Gasteiger partial charge on any atom is 0.344 e. The Morgan fingerprint density at radius 3 is 2.67 bits per heavy atom. The Labute approximate surface area is 246 Å². The van der Waals surface area contributed by atoms with Crippen molar-refractivity contribution in [3.05, 3.63) is 56.3 Å². The molecule has 0 unspecified atom stereocenters. The first kappa shape index (κ1) is 30.5. The number of esters is 1. The molecule has 0 aliphatic heterocycles. The largest absolute Gasteiger partial charge is 0.490 e. The van der Waals surface area contributed by atoms with E-state index in [1.54, 1.807) is 37.3 Å². The summed E-state index contributed by atoms with van der Waals surface area (Å²) in [5, 5.41) is 12.8. The van der Waals surface area contributed by atoms with Crippen LogP contribution in [0.15, 0.2) is 49.5 Å². The number of nitrogens with one attached hydrogen (secondary N) is 1. The highest BCUT2D eigenvalue weighted by Crippen LogP contribution is 2.36. The van der Waals surface area contributed by atoms with Crippen molar-refractivity contribution in [2.45, 2.75) is 25.7 Å². The lowest BCUT2D eigenvalue weighted by Crippen LogP contribution is -2.19. The number of hydrogen-bond acceptors (Lipinski definition) is 11. The van der Waals surface area contributed by atoms with Gasteiger partial charge in [-0.2, -0.15) is 5.10 Å². The molecule has 0 bridgehead atoms. The highest BCUT2D eigenvalue weighted by molar-refractivity contribution is 9.10. The molecule has 0 saturated heterocycles. The normalized spacial score (nSPS) is 10.9. The number of rotatable bonds is 14. The molecule has 3 aromatic rings. The van der Waals surface area contributed by atoms with Crippen molar-refractivity contribution >= 4 is 69.0 Å². The Hall–Kier alpha value is -3.00. The Morgan fingerprint density at radius 2 is 1.92 bits per heavy atom. The maximum absolute atomic E-state index is 12.2. The van der Waals surface area contributed by atoms with E-state index in [0.29, 0.717) is 43.9 Å². The van der Waals surface area contributed by atoms with E-state index in [1.807, 2.05) is 6.92 Å². The Kier molecular flexibility index (Phi) is 12.2. The smallest absolute Gasteiger partial charge is 0.344 e. The molecule has 1 amide bonds. The topological polar surface area (TPSA) is 134 Å². The number of benzene rings is 2. The van der Waals surface area contributed by atoms with Gasteiger partial charge in [-0.15, -0.1) is 10.2 Å². The minimum Gasteiger partial charge on any atom is -0.490 e. The molecule has 11 nitrogen and oxygen atoms in total. The van der Waals surface area contributed by atoms with Crippen molar-refractivity contribution in [2.75, 3.05) is 25.6 Å². The highest BCUT2D eigenvalue weighted by Gasteiger charge is 2.15. The first-order valence-corrected chi connectivity index (χ1v) is 13.9. The lowest BCUT2D eigenvalue weighted by molar-refractivity contribution is -0.145. The number of carbonyl (C=O) groups excluding carboxylic acids is 2. The van der Waals surface area contributed by atoms with Gasteiger partial charge in [-0.25, -0.2) is 10.2 Å². The van der Waals surface area contributed by atoms with Crippen LogP contribution in [0.5, 0.6) is 17.2 Å². The second-order valence-corrected chi connectivity index (χ2v) is 9.89. The third-order valence-corrected chi connectivity index (χ3v) is 6.33. The van der Waals surface area contributed by atoms with Gasteiger partial charge in [0.25, 0.3) is 17.0 Å². The molecule has 0 fully saturated rings. The molecule has 1 N–H and O–H groups in total. The summed E-state index contributed by atoms with van der Waals surface area (Å²) in [4.78, 5) is 23.8. The molecule has 1 aromatic heterocycles. The van der Waals surface area contributed by atoms with E-state index in [9.17, 15) is 9.59 Å². The van der Waals surface area contributed by atoms with Gasteiger partial charge in [-0.05, 0) is 65.7 Å². The minimum absolute atomic E-state index is 0.00263. The van der Waals surface area contributed by atoms with Crippen molar-refractivity contribution in [1.82, 2.24) is 15.6 Å². The van der Waals surface area contributed by atoms with Crippen molar-refractivity contribution in [3.63, 3.8) is 0 Å². The van der Waals surface area contributed by atoms with Gasteiger partial charge < -0.3 is 23.4 Å². The number of ether oxygens (including phenoxy) is 4. The van der Waals surface area contributed by atoms with Crippen LogP contribution >= 0.6 is 50.9 Å². The third-order valence-electron chi connectivity index (χ3n) is 4.39. The van der Waals surface area contributed by atoms with Gasteiger partial charge in [0.2, 0.25) is 0 Å². The van der Waals surface area contributed by atoms with Crippen LogP contribution in [-0.4, -0.2) is 53.9 Å². The fraction of sp³-hybridized carbons (Fsp3) is 0.292. The Balaban J connectivity index is 1.49. The first-order valence-electron chi connectivity index (χ1n) is 11.4. The zero-order valence-corrected chi connectivity index (χ0v) is 24.7. The number of amides is 1.